The fraction of sp³-hybridized carbons (Fsp3) is 0.208. The van der Waals surface area contributed by atoms with Crippen molar-refractivity contribution in [3.05, 3.63) is 87.9 Å². The molecular formula is C24H25ClN2O4S. The maximum Gasteiger partial charge on any atom is 0.263 e. The van der Waals surface area contributed by atoms with E-state index in [0.717, 1.165) is 22.4 Å². The van der Waals surface area contributed by atoms with Gasteiger partial charge in [0.25, 0.3) is 15.9 Å². The molecule has 0 heterocycles. The van der Waals surface area contributed by atoms with Gasteiger partial charge in [-0.2, -0.15) is 0 Å². The average Bonchev–Trinajstić information content (AvgIpc) is 2.76. The Bertz CT molecular complexity index is 1230. The molecule has 0 spiro atoms. The molecule has 0 saturated carbocycles. The van der Waals surface area contributed by atoms with Crippen LogP contribution in [0.2, 0.25) is 5.02 Å². The Kier molecular flexibility index (Phi) is 7.43. The third-order valence-corrected chi connectivity index (χ3v) is 6.96. The molecule has 168 valence electrons. The van der Waals surface area contributed by atoms with E-state index in [9.17, 15) is 13.2 Å². The fourth-order valence-electron chi connectivity index (χ4n) is 3.08. The summed E-state index contributed by atoms with van der Waals surface area (Å²) in [4.78, 5) is 12.4. The zero-order chi connectivity index (χ0) is 23.3. The summed E-state index contributed by atoms with van der Waals surface area (Å²) in [5.74, 6) is 0.389. The van der Waals surface area contributed by atoms with Gasteiger partial charge in [-0.3, -0.25) is 9.52 Å². The molecule has 0 bridgehead atoms. The Morgan fingerprint density at radius 3 is 2.34 bits per heavy atom. The smallest absolute Gasteiger partial charge is 0.263 e. The summed E-state index contributed by atoms with van der Waals surface area (Å²) in [5.41, 5.74) is 3.70. The zero-order valence-corrected chi connectivity index (χ0v) is 19.7. The first-order valence-corrected chi connectivity index (χ1v) is 11.9. The van der Waals surface area contributed by atoms with Crippen LogP contribution in [0.4, 0.5) is 5.69 Å². The first-order valence-electron chi connectivity index (χ1n) is 10.0. The van der Waals surface area contributed by atoms with Gasteiger partial charge in [0.05, 0.1) is 12.1 Å². The Balaban J connectivity index is 1.70. The van der Waals surface area contributed by atoms with Crippen molar-refractivity contribution in [1.29, 1.82) is 0 Å². The van der Waals surface area contributed by atoms with Crippen LogP contribution in [-0.4, -0.2) is 28.0 Å². The van der Waals surface area contributed by atoms with E-state index >= 15 is 0 Å². The number of hydrogen-bond donors (Lipinski definition) is 2. The number of ether oxygens (including phenoxy) is 1. The number of hydrogen-bond acceptors (Lipinski definition) is 4. The molecule has 0 aliphatic rings. The van der Waals surface area contributed by atoms with Crippen LogP contribution in [0.25, 0.3) is 0 Å². The molecule has 0 saturated heterocycles. The zero-order valence-electron chi connectivity index (χ0n) is 18.1. The molecule has 2 N–H and O–H groups in total. The van der Waals surface area contributed by atoms with Gasteiger partial charge in [0.15, 0.2) is 0 Å². The van der Waals surface area contributed by atoms with E-state index in [2.05, 4.69) is 10.0 Å². The van der Waals surface area contributed by atoms with E-state index in [-0.39, 0.29) is 21.4 Å². The number of halogens is 1. The standard InChI is InChI=1S/C24H25ClN2O4S/c1-16-4-8-20(14-17(16)2)27-32(29,30)23-15-19(7-11-22(23)25)24(28)26-13-12-18-5-9-21(31-3)10-6-18/h4-11,14-15,27H,12-13H2,1-3H3,(H,26,28). The third-order valence-electron chi connectivity index (χ3n) is 5.10. The van der Waals surface area contributed by atoms with E-state index in [1.807, 2.05) is 44.2 Å². The summed E-state index contributed by atoms with van der Waals surface area (Å²) in [7, 11) is -2.37. The minimum Gasteiger partial charge on any atom is -0.497 e. The molecule has 3 aromatic rings. The predicted octanol–water partition coefficient (Wildman–Crippen LogP) is 4.74. The number of aryl methyl sites for hydroxylation is 2. The first-order chi connectivity index (χ1) is 15.2. The fourth-order valence-corrected chi connectivity index (χ4v) is 4.66. The molecule has 6 nitrogen and oxygen atoms in total. The molecule has 0 fully saturated rings. The molecule has 0 aliphatic heterocycles. The van der Waals surface area contributed by atoms with Crippen molar-refractivity contribution >= 4 is 33.2 Å². The molecule has 3 rings (SSSR count). The predicted molar refractivity (Wildman–Crippen MR) is 127 cm³/mol. The van der Waals surface area contributed by atoms with Crippen LogP contribution in [0.15, 0.2) is 65.6 Å². The van der Waals surface area contributed by atoms with E-state index in [1.54, 1.807) is 19.2 Å². The normalized spacial score (nSPS) is 11.1. The van der Waals surface area contributed by atoms with Crippen molar-refractivity contribution in [3.63, 3.8) is 0 Å². The van der Waals surface area contributed by atoms with Gasteiger partial charge in [-0.1, -0.05) is 29.8 Å². The summed E-state index contributed by atoms with van der Waals surface area (Å²) in [5, 5.41) is 2.85. The second kappa shape index (κ2) is 10.1. The largest absolute Gasteiger partial charge is 0.497 e. The number of amides is 1. The number of benzene rings is 3. The highest BCUT2D eigenvalue weighted by atomic mass is 35.5. The maximum absolute atomic E-state index is 12.9. The first kappa shape index (κ1) is 23.6. The van der Waals surface area contributed by atoms with Crippen molar-refractivity contribution in [2.45, 2.75) is 25.2 Å². The van der Waals surface area contributed by atoms with Crippen molar-refractivity contribution in [1.82, 2.24) is 5.32 Å². The van der Waals surface area contributed by atoms with Gasteiger partial charge in [0, 0.05) is 17.8 Å². The Morgan fingerprint density at radius 1 is 0.969 bits per heavy atom. The lowest BCUT2D eigenvalue weighted by Gasteiger charge is -2.12. The van der Waals surface area contributed by atoms with Crippen molar-refractivity contribution in [2.24, 2.45) is 0 Å². The molecule has 0 unspecified atom stereocenters. The topological polar surface area (TPSA) is 84.5 Å². The summed E-state index contributed by atoms with van der Waals surface area (Å²) in [6, 6.07) is 17.0. The van der Waals surface area contributed by atoms with Gasteiger partial charge in [-0.25, -0.2) is 8.42 Å². The van der Waals surface area contributed by atoms with Gasteiger partial charge in [-0.05, 0) is 79.4 Å². The van der Waals surface area contributed by atoms with Crippen LogP contribution in [-0.2, 0) is 16.4 Å². The van der Waals surface area contributed by atoms with Crippen LogP contribution >= 0.6 is 11.6 Å². The number of carbonyl (C=O) groups excluding carboxylic acids is 1. The summed E-state index contributed by atoms with van der Waals surface area (Å²) >= 11 is 6.16. The van der Waals surface area contributed by atoms with E-state index in [0.29, 0.717) is 18.7 Å². The molecule has 1 amide bonds. The number of nitrogens with one attached hydrogen (secondary N) is 2. The highest BCUT2D eigenvalue weighted by molar-refractivity contribution is 7.92. The van der Waals surface area contributed by atoms with Crippen molar-refractivity contribution in [3.8, 4) is 5.75 Å². The monoisotopic (exact) mass is 472 g/mol. The minimum atomic E-state index is -3.97. The second-order valence-corrected chi connectivity index (χ2v) is 9.46. The number of carbonyl (C=O) groups is 1. The van der Waals surface area contributed by atoms with Crippen LogP contribution in [0, 0.1) is 13.8 Å². The molecular weight excluding hydrogens is 448 g/mol. The highest BCUT2D eigenvalue weighted by Gasteiger charge is 2.20. The van der Waals surface area contributed by atoms with E-state index in [4.69, 9.17) is 16.3 Å². The van der Waals surface area contributed by atoms with Crippen LogP contribution < -0.4 is 14.8 Å². The molecule has 0 atom stereocenters. The summed E-state index contributed by atoms with van der Waals surface area (Å²) in [6.07, 6.45) is 0.628. The van der Waals surface area contributed by atoms with Crippen molar-refractivity contribution in [2.75, 3.05) is 18.4 Å². The Hall–Kier alpha value is -3.03. The van der Waals surface area contributed by atoms with E-state index in [1.165, 1.54) is 18.2 Å². The van der Waals surface area contributed by atoms with Gasteiger partial charge in [-0.15, -0.1) is 0 Å². The second-order valence-electron chi connectivity index (χ2n) is 7.40. The lowest BCUT2D eigenvalue weighted by molar-refractivity contribution is 0.0954. The maximum atomic E-state index is 12.9. The van der Waals surface area contributed by atoms with Crippen molar-refractivity contribution < 1.29 is 17.9 Å². The molecule has 0 aromatic heterocycles. The molecule has 32 heavy (non-hydrogen) atoms. The highest BCUT2D eigenvalue weighted by Crippen LogP contribution is 2.26. The van der Waals surface area contributed by atoms with Crippen LogP contribution in [0.3, 0.4) is 0 Å². The van der Waals surface area contributed by atoms with Gasteiger partial charge in [0.2, 0.25) is 0 Å². The quantitative estimate of drug-likeness (QED) is 0.496. The summed E-state index contributed by atoms with van der Waals surface area (Å²) < 4.78 is 33.5. The lowest BCUT2D eigenvalue weighted by Crippen LogP contribution is -2.26. The SMILES string of the molecule is COc1ccc(CCNC(=O)c2ccc(Cl)c(S(=O)(=O)Nc3ccc(C)c(C)c3)c2)cc1. The van der Waals surface area contributed by atoms with Crippen LogP contribution in [0.1, 0.15) is 27.0 Å². The number of rotatable bonds is 8. The third kappa shape index (κ3) is 5.81. The number of sulfonamides is 1. The molecule has 0 radical (unpaired) electrons. The average molecular weight is 473 g/mol. The lowest BCUT2D eigenvalue weighted by atomic mass is 10.1. The Morgan fingerprint density at radius 2 is 1.69 bits per heavy atom. The molecule has 8 heteroatoms. The molecule has 0 aliphatic carbocycles. The number of methoxy groups -OCH3 is 1. The van der Waals surface area contributed by atoms with Gasteiger partial charge in [0.1, 0.15) is 10.6 Å². The molecule has 3 aromatic carbocycles. The summed E-state index contributed by atoms with van der Waals surface area (Å²) in [6.45, 7) is 4.25. The number of anilines is 1. The Labute approximate surface area is 193 Å². The van der Waals surface area contributed by atoms with E-state index < -0.39 is 10.0 Å². The van der Waals surface area contributed by atoms with Crippen LogP contribution in [0.5, 0.6) is 5.75 Å². The minimum absolute atomic E-state index is 0.0381. The van der Waals surface area contributed by atoms with Gasteiger partial charge >= 0.3 is 0 Å². The van der Waals surface area contributed by atoms with Gasteiger partial charge < -0.3 is 10.1 Å².